The molecule has 1 aliphatic rings. The van der Waals surface area contributed by atoms with Crippen molar-refractivity contribution < 1.29 is 4.42 Å². The lowest BCUT2D eigenvalue weighted by Crippen LogP contribution is -2.36. The summed E-state index contributed by atoms with van der Waals surface area (Å²) < 4.78 is 7.95. The molecule has 0 unspecified atom stereocenters. The molecular weight excluding hydrogens is 406 g/mol. The van der Waals surface area contributed by atoms with Crippen LogP contribution >= 0.6 is 0 Å². The summed E-state index contributed by atoms with van der Waals surface area (Å²) in [5.41, 5.74) is 5.77. The van der Waals surface area contributed by atoms with Gasteiger partial charge in [0, 0.05) is 37.3 Å². The van der Waals surface area contributed by atoms with E-state index in [1.807, 2.05) is 16.8 Å². The minimum absolute atomic E-state index is 0.250. The van der Waals surface area contributed by atoms with E-state index in [-0.39, 0.29) is 6.04 Å². The fourth-order valence-corrected chi connectivity index (χ4v) is 4.30. The molecule has 160 valence electrons. The van der Waals surface area contributed by atoms with Gasteiger partial charge in [0.25, 0.3) is 5.89 Å². The zero-order chi connectivity index (χ0) is 21.7. The van der Waals surface area contributed by atoms with Crippen LogP contribution in [0.1, 0.15) is 48.5 Å². The number of aromatic nitrogens is 8. The predicted molar refractivity (Wildman–Crippen MR) is 116 cm³/mol. The topological polar surface area (TPSA) is 114 Å². The summed E-state index contributed by atoms with van der Waals surface area (Å²) in [7, 11) is 0. The predicted octanol–water partition coefficient (Wildman–Crippen LogP) is 3.17. The fraction of sp³-hybridized carbons (Fsp3) is 0.273. The Morgan fingerprint density at radius 1 is 1.19 bits per heavy atom. The van der Waals surface area contributed by atoms with Crippen molar-refractivity contribution >= 4 is 11.5 Å². The summed E-state index contributed by atoms with van der Waals surface area (Å²) in [6.45, 7) is 5.06. The molecular formula is C22H21N9O. The van der Waals surface area contributed by atoms with E-state index < -0.39 is 0 Å². The summed E-state index contributed by atoms with van der Waals surface area (Å²) in [6, 6.07) is 6.47. The Bertz CT molecular complexity index is 1380. The number of aromatic amines is 1. The maximum atomic E-state index is 6.02. The standard InChI is InChI=1S/C22H21N9O/c1-13(2)14-4-3-8-31-18(14)10-16(29-31)20-19-15(25-12-26-19)5-9-30(20)22-28-27-21(32-22)17-11-23-6-7-24-17/h3-4,6-8,10-13,20H,5,9H2,1-2H3,(H,25,26)/t20-/m1/s1. The number of anilines is 1. The lowest BCUT2D eigenvalue weighted by atomic mass is 9.99. The summed E-state index contributed by atoms with van der Waals surface area (Å²) in [5.74, 6) is 0.717. The van der Waals surface area contributed by atoms with Crippen LogP contribution in [0.5, 0.6) is 0 Å². The van der Waals surface area contributed by atoms with Gasteiger partial charge in [-0.1, -0.05) is 25.0 Å². The molecule has 0 radical (unpaired) electrons. The van der Waals surface area contributed by atoms with E-state index in [0.717, 1.165) is 29.0 Å². The number of nitrogens with zero attached hydrogens (tertiary/aromatic N) is 8. The lowest BCUT2D eigenvalue weighted by molar-refractivity contribution is 0.502. The van der Waals surface area contributed by atoms with E-state index >= 15 is 0 Å². The molecule has 1 N–H and O–H groups in total. The summed E-state index contributed by atoms with van der Waals surface area (Å²) >= 11 is 0. The second-order valence-corrected chi connectivity index (χ2v) is 8.11. The Balaban J connectivity index is 1.46. The van der Waals surface area contributed by atoms with Crippen LogP contribution in [-0.2, 0) is 6.42 Å². The lowest BCUT2D eigenvalue weighted by Gasteiger charge is -2.32. The van der Waals surface area contributed by atoms with Gasteiger partial charge >= 0.3 is 6.01 Å². The van der Waals surface area contributed by atoms with E-state index in [9.17, 15) is 0 Å². The number of fused-ring (bicyclic) bond motifs is 2. The number of H-pyrrole nitrogens is 1. The quantitative estimate of drug-likeness (QED) is 0.465. The molecule has 0 fully saturated rings. The first-order chi connectivity index (χ1) is 15.7. The van der Waals surface area contributed by atoms with Crippen LogP contribution in [0.15, 0.2) is 53.7 Å². The maximum absolute atomic E-state index is 6.02. The van der Waals surface area contributed by atoms with Crippen LogP contribution in [-0.4, -0.2) is 46.3 Å². The van der Waals surface area contributed by atoms with Gasteiger partial charge in [-0.25, -0.2) is 14.5 Å². The van der Waals surface area contributed by atoms with Crippen molar-refractivity contribution in [3.63, 3.8) is 0 Å². The van der Waals surface area contributed by atoms with Crippen LogP contribution in [0.2, 0.25) is 0 Å². The molecule has 32 heavy (non-hydrogen) atoms. The van der Waals surface area contributed by atoms with Crippen molar-refractivity contribution in [2.24, 2.45) is 0 Å². The first-order valence-electron chi connectivity index (χ1n) is 10.6. The van der Waals surface area contributed by atoms with Crippen molar-refractivity contribution in [2.75, 3.05) is 11.4 Å². The second kappa shape index (κ2) is 7.26. The van der Waals surface area contributed by atoms with Crippen molar-refractivity contribution in [1.82, 2.24) is 39.7 Å². The van der Waals surface area contributed by atoms with Gasteiger partial charge in [0.15, 0.2) is 0 Å². The molecule has 0 spiro atoms. The van der Waals surface area contributed by atoms with Gasteiger partial charge in [-0.15, -0.1) is 5.10 Å². The van der Waals surface area contributed by atoms with Crippen LogP contribution < -0.4 is 4.90 Å². The molecule has 5 aromatic rings. The number of hydrogen-bond acceptors (Lipinski definition) is 8. The van der Waals surface area contributed by atoms with Gasteiger partial charge in [-0.2, -0.15) is 5.10 Å². The minimum atomic E-state index is -0.250. The third kappa shape index (κ3) is 2.95. The monoisotopic (exact) mass is 427 g/mol. The third-order valence-corrected chi connectivity index (χ3v) is 5.82. The number of imidazole rings is 1. The molecule has 10 heteroatoms. The van der Waals surface area contributed by atoms with Crippen LogP contribution in [0.3, 0.4) is 0 Å². The number of pyridine rings is 1. The van der Waals surface area contributed by atoms with Gasteiger partial charge in [-0.3, -0.25) is 4.98 Å². The fourth-order valence-electron chi connectivity index (χ4n) is 4.30. The van der Waals surface area contributed by atoms with Crippen LogP contribution in [0.25, 0.3) is 17.1 Å². The molecule has 6 heterocycles. The van der Waals surface area contributed by atoms with E-state index in [1.165, 1.54) is 5.56 Å². The largest absolute Gasteiger partial charge is 0.401 e. The Kier molecular flexibility index (Phi) is 4.23. The molecule has 0 amide bonds. The SMILES string of the molecule is CC(C)c1cccn2nc([C@@H]3c4nc[nH]c4CCN3c3nnc(-c4cnccn4)o3)cc12. The molecule has 1 atom stereocenters. The summed E-state index contributed by atoms with van der Waals surface area (Å²) in [5, 5.41) is 13.4. The van der Waals surface area contributed by atoms with E-state index in [4.69, 9.17) is 9.52 Å². The average Bonchev–Trinajstić information content (AvgIpc) is 3.57. The van der Waals surface area contributed by atoms with Gasteiger partial charge in [-0.05, 0) is 23.6 Å². The van der Waals surface area contributed by atoms with E-state index in [2.05, 4.69) is 61.0 Å². The molecule has 6 rings (SSSR count). The number of nitrogens with one attached hydrogen (secondary N) is 1. The maximum Gasteiger partial charge on any atom is 0.319 e. The highest BCUT2D eigenvalue weighted by Crippen LogP contribution is 2.37. The van der Waals surface area contributed by atoms with Gasteiger partial charge in [0.05, 0.1) is 29.4 Å². The summed E-state index contributed by atoms with van der Waals surface area (Å²) in [4.78, 5) is 18.3. The molecule has 0 aromatic carbocycles. The van der Waals surface area contributed by atoms with Gasteiger partial charge < -0.3 is 14.3 Å². The molecule has 1 aliphatic heterocycles. The molecule has 0 saturated carbocycles. The zero-order valence-corrected chi connectivity index (χ0v) is 17.7. The Hall–Kier alpha value is -4.08. The molecule has 0 aliphatic carbocycles. The highest BCUT2D eigenvalue weighted by Gasteiger charge is 2.36. The molecule has 5 aromatic heterocycles. The first-order valence-corrected chi connectivity index (χ1v) is 10.6. The average molecular weight is 427 g/mol. The number of hydrogen-bond donors (Lipinski definition) is 1. The normalized spacial score (nSPS) is 16.1. The third-order valence-electron chi connectivity index (χ3n) is 5.82. The highest BCUT2D eigenvalue weighted by atomic mass is 16.4. The molecule has 10 nitrogen and oxygen atoms in total. The van der Waals surface area contributed by atoms with Crippen molar-refractivity contribution in [3.05, 3.63) is 72.0 Å². The summed E-state index contributed by atoms with van der Waals surface area (Å²) in [6.07, 6.45) is 9.31. The second-order valence-electron chi connectivity index (χ2n) is 8.11. The smallest absolute Gasteiger partial charge is 0.319 e. The van der Waals surface area contributed by atoms with Crippen molar-refractivity contribution in [2.45, 2.75) is 32.2 Å². The van der Waals surface area contributed by atoms with Gasteiger partial charge in [0.1, 0.15) is 11.7 Å². The number of rotatable bonds is 4. The molecule has 0 saturated heterocycles. The van der Waals surface area contributed by atoms with E-state index in [0.29, 0.717) is 30.1 Å². The Morgan fingerprint density at radius 3 is 2.97 bits per heavy atom. The van der Waals surface area contributed by atoms with Crippen molar-refractivity contribution in [3.8, 4) is 11.6 Å². The van der Waals surface area contributed by atoms with Gasteiger partial charge in [0.2, 0.25) is 0 Å². The van der Waals surface area contributed by atoms with E-state index in [1.54, 1.807) is 24.9 Å². The minimum Gasteiger partial charge on any atom is -0.401 e. The Morgan fingerprint density at radius 2 is 2.12 bits per heavy atom. The zero-order valence-electron chi connectivity index (χ0n) is 17.7. The first kappa shape index (κ1) is 18.7. The van der Waals surface area contributed by atoms with Crippen LogP contribution in [0.4, 0.5) is 6.01 Å². The van der Waals surface area contributed by atoms with Crippen LogP contribution in [0, 0.1) is 0 Å². The van der Waals surface area contributed by atoms with Crippen molar-refractivity contribution in [1.29, 1.82) is 0 Å². The highest BCUT2D eigenvalue weighted by molar-refractivity contribution is 5.59. The molecule has 0 bridgehead atoms. The Labute approximate surface area is 183 Å².